The second-order valence-corrected chi connectivity index (χ2v) is 7.48. The first-order valence-corrected chi connectivity index (χ1v) is 10.4. The van der Waals surface area contributed by atoms with Crippen molar-refractivity contribution in [2.75, 3.05) is 6.61 Å². The summed E-state index contributed by atoms with van der Waals surface area (Å²) in [6.45, 7) is 2.52. The number of rotatable bonds is 8. The van der Waals surface area contributed by atoms with E-state index in [-0.39, 0.29) is 12.3 Å². The van der Waals surface area contributed by atoms with Crippen LogP contribution in [-0.2, 0) is 6.61 Å². The Hall–Kier alpha value is -3.53. The average Bonchev–Trinajstić information content (AvgIpc) is 2.78. The molecular weight excluding hydrogens is 451 g/mol. The van der Waals surface area contributed by atoms with Crippen LogP contribution in [0.1, 0.15) is 23.6 Å². The van der Waals surface area contributed by atoms with Gasteiger partial charge in [0, 0.05) is 27.7 Å². The van der Waals surface area contributed by atoms with E-state index in [4.69, 9.17) is 32.7 Å². The number of non-ortho nitro benzene ring substituents is 1. The van der Waals surface area contributed by atoms with Crippen LogP contribution in [0.15, 0.2) is 60.7 Å². The lowest BCUT2D eigenvalue weighted by Crippen LogP contribution is -2.00. The minimum Gasteiger partial charge on any atom is -0.490 e. The monoisotopic (exact) mass is 468 g/mol. The molecule has 6 nitrogen and oxygen atoms in total. The topological polar surface area (TPSA) is 85.4 Å². The van der Waals surface area contributed by atoms with Crippen molar-refractivity contribution in [3.63, 3.8) is 0 Å². The maximum atomic E-state index is 10.8. The Balaban J connectivity index is 1.85. The summed E-state index contributed by atoms with van der Waals surface area (Å²) in [5, 5.41) is 21.5. The van der Waals surface area contributed by atoms with Crippen LogP contribution >= 0.6 is 23.2 Å². The standard InChI is InChI=1S/C24H18Cl2N2O4/c1-2-31-24-12-16(11-19(14-27)17-5-8-21(9-6-17)28(29)30)3-10-23(24)32-15-18-4-7-20(25)13-22(18)26/h3-13H,2,15H2,1H3/b19-11-. The number of benzene rings is 3. The lowest BCUT2D eigenvalue weighted by Gasteiger charge is -2.13. The normalized spacial score (nSPS) is 11.0. The van der Waals surface area contributed by atoms with Gasteiger partial charge in [0.1, 0.15) is 6.61 Å². The Kier molecular flexibility index (Phi) is 7.72. The largest absolute Gasteiger partial charge is 0.490 e. The Morgan fingerprint density at radius 2 is 1.81 bits per heavy atom. The molecule has 0 fully saturated rings. The van der Waals surface area contributed by atoms with Gasteiger partial charge in [-0.3, -0.25) is 10.1 Å². The molecule has 0 radical (unpaired) electrons. The minimum absolute atomic E-state index is 0.0352. The number of nitro groups is 1. The lowest BCUT2D eigenvalue weighted by molar-refractivity contribution is -0.384. The van der Waals surface area contributed by atoms with Gasteiger partial charge in [-0.15, -0.1) is 0 Å². The molecular formula is C24H18Cl2N2O4. The number of nitro benzene ring substituents is 1. The van der Waals surface area contributed by atoms with Crippen LogP contribution in [-0.4, -0.2) is 11.5 Å². The average molecular weight is 469 g/mol. The molecule has 8 heteroatoms. The highest BCUT2D eigenvalue weighted by Gasteiger charge is 2.10. The van der Waals surface area contributed by atoms with Gasteiger partial charge in [0.05, 0.1) is 23.2 Å². The minimum atomic E-state index is -0.482. The SMILES string of the molecule is CCOc1cc(/C=C(/C#N)c2ccc([N+](=O)[O-])cc2)ccc1OCc1ccc(Cl)cc1Cl. The summed E-state index contributed by atoms with van der Waals surface area (Å²) in [4.78, 5) is 10.4. The zero-order valence-corrected chi connectivity index (χ0v) is 18.6. The van der Waals surface area contributed by atoms with Crippen molar-refractivity contribution >= 4 is 40.5 Å². The predicted octanol–water partition coefficient (Wildman–Crippen LogP) is 6.94. The highest BCUT2D eigenvalue weighted by Crippen LogP contribution is 2.32. The second kappa shape index (κ2) is 10.7. The van der Waals surface area contributed by atoms with E-state index in [9.17, 15) is 15.4 Å². The second-order valence-electron chi connectivity index (χ2n) is 6.64. The number of hydrogen-bond acceptors (Lipinski definition) is 5. The van der Waals surface area contributed by atoms with Crippen molar-refractivity contribution in [3.8, 4) is 17.6 Å². The molecule has 3 aromatic carbocycles. The van der Waals surface area contributed by atoms with Crippen molar-refractivity contribution in [1.82, 2.24) is 0 Å². The molecule has 162 valence electrons. The van der Waals surface area contributed by atoms with E-state index in [1.165, 1.54) is 12.1 Å². The summed E-state index contributed by atoms with van der Waals surface area (Å²) in [7, 11) is 0. The fourth-order valence-corrected chi connectivity index (χ4v) is 3.37. The highest BCUT2D eigenvalue weighted by atomic mass is 35.5. The lowest BCUT2D eigenvalue weighted by atomic mass is 10.0. The Morgan fingerprint density at radius 1 is 1.06 bits per heavy atom. The summed E-state index contributed by atoms with van der Waals surface area (Å²) in [6, 6.07) is 18.5. The molecule has 3 aromatic rings. The maximum absolute atomic E-state index is 10.8. The summed E-state index contributed by atoms with van der Waals surface area (Å²) < 4.78 is 11.6. The first-order chi connectivity index (χ1) is 15.4. The number of nitriles is 1. The fourth-order valence-electron chi connectivity index (χ4n) is 2.91. The van der Waals surface area contributed by atoms with Gasteiger partial charge in [0.25, 0.3) is 5.69 Å². The third kappa shape index (κ3) is 5.79. The summed E-state index contributed by atoms with van der Waals surface area (Å²) in [5.74, 6) is 1.05. The molecule has 0 aromatic heterocycles. The van der Waals surface area contributed by atoms with Gasteiger partial charge >= 0.3 is 0 Å². The molecule has 32 heavy (non-hydrogen) atoms. The van der Waals surface area contributed by atoms with Crippen LogP contribution < -0.4 is 9.47 Å². The Morgan fingerprint density at radius 3 is 2.44 bits per heavy atom. The van der Waals surface area contributed by atoms with E-state index in [0.717, 1.165) is 11.1 Å². The molecule has 0 heterocycles. The van der Waals surface area contributed by atoms with Crippen LogP contribution in [0.4, 0.5) is 5.69 Å². The van der Waals surface area contributed by atoms with Crippen molar-refractivity contribution in [2.45, 2.75) is 13.5 Å². The van der Waals surface area contributed by atoms with E-state index >= 15 is 0 Å². The first-order valence-electron chi connectivity index (χ1n) is 9.61. The van der Waals surface area contributed by atoms with E-state index in [2.05, 4.69) is 6.07 Å². The molecule has 0 atom stereocenters. The first kappa shape index (κ1) is 23.1. The molecule has 0 bridgehead atoms. The van der Waals surface area contributed by atoms with Crippen LogP contribution in [0, 0.1) is 21.4 Å². The molecule has 0 aliphatic heterocycles. The third-order valence-corrected chi connectivity index (χ3v) is 5.07. The Labute approximate surface area is 195 Å². The summed E-state index contributed by atoms with van der Waals surface area (Å²) >= 11 is 12.1. The van der Waals surface area contributed by atoms with Crippen LogP contribution in [0.3, 0.4) is 0 Å². The smallest absolute Gasteiger partial charge is 0.269 e. The molecule has 0 unspecified atom stereocenters. The zero-order chi connectivity index (χ0) is 23.1. The maximum Gasteiger partial charge on any atom is 0.269 e. The van der Waals surface area contributed by atoms with Gasteiger partial charge in [-0.2, -0.15) is 5.26 Å². The highest BCUT2D eigenvalue weighted by molar-refractivity contribution is 6.35. The van der Waals surface area contributed by atoms with Gasteiger partial charge < -0.3 is 9.47 Å². The molecule has 0 aliphatic rings. The fraction of sp³-hybridized carbons (Fsp3) is 0.125. The van der Waals surface area contributed by atoms with Gasteiger partial charge in [0.15, 0.2) is 11.5 Å². The molecule has 0 spiro atoms. The van der Waals surface area contributed by atoms with Gasteiger partial charge in [-0.05, 0) is 60.5 Å². The van der Waals surface area contributed by atoms with Crippen LogP contribution in [0.5, 0.6) is 11.5 Å². The molecule has 3 rings (SSSR count). The predicted molar refractivity (Wildman–Crippen MR) is 125 cm³/mol. The summed E-state index contributed by atoms with van der Waals surface area (Å²) in [5.41, 5.74) is 2.41. The van der Waals surface area contributed by atoms with Crippen LogP contribution in [0.25, 0.3) is 11.6 Å². The number of allylic oxidation sites excluding steroid dienone is 1. The van der Waals surface area contributed by atoms with Crippen molar-refractivity contribution in [2.24, 2.45) is 0 Å². The number of hydrogen-bond donors (Lipinski definition) is 0. The van der Waals surface area contributed by atoms with Crippen LogP contribution in [0.2, 0.25) is 10.0 Å². The zero-order valence-electron chi connectivity index (χ0n) is 17.0. The number of ether oxygens (including phenoxy) is 2. The molecule has 0 saturated carbocycles. The molecule has 0 amide bonds. The van der Waals surface area contributed by atoms with Crippen molar-refractivity contribution in [1.29, 1.82) is 5.26 Å². The van der Waals surface area contributed by atoms with Gasteiger partial charge in [-0.25, -0.2) is 0 Å². The number of nitrogens with zero attached hydrogens (tertiary/aromatic N) is 2. The van der Waals surface area contributed by atoms with Gasteiger partial charge in [-0.1, -0.05) is 35.3 Å². The van der Waals surface area contributed by atoms with E-state index < -0.39 is 4.92 Å². The van der Waals surface area contributed by atoms with Gasteiger partial charge in [0.2, 0.25) is 0 Å². The van der Waals surface area contributed by atoms with E-state index in [0.29, 0.717) is 39.3 Å². The van der Waals surface area contributed by atoms with E-state index in [1.807, 2.05) is 6.92 Å². The number of halogens is 2. The molecule has 0 saturated heterocycles. The molecule has 0 aliphatic carbocycles. The summed E-state index contributed by atoms with van der Waals surface area (Å²) in [6.07, 6.45) is 1.68. The van der Waals surface area contributed by atoms with E-state index in [1.54, 1.807) is 54.6 Å². The molecule has 0 N–H and O–H groups in total. The van der Waals surface area contributed by atoms with Crippen molar-refractivity contribution < 1.29 is 14.4 Å². The third-order valence-electron chi connectivity index (χ3n) is 4.49. The Bertz CT molecular complexity index is 1200. The van der Waals surface area contributed by atoms with Crippen molar-refractivity contribution in [3.05, 3.63) is 97.5 Å². The quantitative estimate of drug-likeness (QED) is 0.154.